The molecular formula is C27H29ClN2O4S2. The molecule has 0 aliphatic rings. The van der Waals surface area contributed by atoms with Crippen LogP contribution in [0.1, 0.15) is 40.2 Å². The van der Waals surface area contributed by atoms with Gasteiger partial charge in [0, 0.05) is 50.9 Å². The van der Waals surface area contributed by atoms with Gasteiger partial charge in [-0.1, -0.05) is 54.1 Å². The lowest BCUT2D eigenvalue weighted by Gasteiger charge is -2.16. The highest BCUT2D eigenvalue weighted by molar-refractivity contribution is 7.83. The number of aromatic amines is 1. The van der Waals surface area contributed by atoms with Gasteiger partial charge in [0.15, 0.2) is 0 Å². The number of thiol groups is 1. The number of carbonyl (C=O) groups is 1. The number of benzene rings is 3. The third-order valence-corrected chi connectivity index (χ3v) is 6.76. The summed E-state index contributed by atoms with van der Waals surface area (Å²) in [6.45, 7) is 2.38. The molecule has 0 saturated heterocycles. The number of nitrogens with two attached hydrogens (primary N) is 1. The van der Waals surface area contributed by atoms with Crippen LogP contribution >= 0.6 is 24.2 Å². The minimum absolute atomic E-state index is 0.0739. The van der Waals surface area contributed by atoms with Gasteiger partial charge in [0.25, 0.3) is 0 Å². The van der Waals surface area contributed by atoms with Gasteiger partial charge in [-0.05, 0) is 48.1 Å². The molecule has 0 bridgehead atoms. The highest BCUT2D eigenvalue weighted by Crippen LogP contribution is 2.38. The molecule has 4 rings (SSSR count). The van der Waals surface area contributed by atoms with Crippen LogP contribution in [0.4, 0.5) is 0 Å². The van der Waals surface area contributed by atoms with Gasteiger partial charge >= 0.3 is 5.97 Å². The van der Waals surface area contributed by atoms with E-state index in [4.69, 9.17) is 22.1 Å². The Morgan fingerprint density at radius 2 is 1.86 bits per heavy atom. The van der Waals surface area contributed by atoms with Gasteiger partial charge in [-0.2, -0.15) is 12.6 Å². The van der Waals surface area contributed by atoms with Gasteiger partial charge in [-0.15, -0.1) is 0 Å². The highest BCUT2D eigenvalue weighted by Gasteiger charge is 2.23. The van der Waals surface area contributed by atoms with Crippen molar-refractivity contribution in [3.63, 3.8) is 0 Å². The molecule has 36 heavy (non-hydrogen) atoms. The molecule has 3 aromatic carbocycles. The molecule has 190 valence electrons. The Morgan fingerprint density at radius 3 is 2.44 bits per heavy atom. The first-order valence-electron chi connectivity index (χ1n) is 11.2. The molecule has 6 nitrogen and oxygen atoms in total. The van der Waals surface area contributed by atoms with E-state index in [9.17, 15) is 14.1 Å². The van der Waals surface area contributed by atoms with Crippen molar-refractivity contribution in [3.05, 3.63) is 88.1 Å². The summed E-state index contributed by atoms with van der Waals surface area (Å²) in [5, 5.41) is 11.1. The predicted molar refractivity (Wildman–Crippen MR) is 152 cm³/mol. The number of halogens is 1. The molecule has 4 N–H and O–H groups in total. The van der Waals surface area contributed by atoms with E-state index in [-0.39, 0.29) is 11.8 Å². The van der Waals surface area contributed by atoms with Crippen LogP contribution < -0.4 is 10.5 Å². The molecule has 0 aliphatic heterocycles. The van der Waals surface area contributed by atoms with Crippen molar-refractivity contribution in [2.24, 2.45) is 5.73 Å². The van der Waals surface area contributed by atoms with Crippen molar-refractivity contribution in [2.45, 2.75) is 25.3 Å². The second-order valence-electron chi connectivity index (χ2n) is 8.08. The largest absolute Gasteiger partial charge is 0.486 e. The lowest BCUT2D eigenvalue weighted by atomic mass is 9.98. The van der Waals surface area contributed by atoms with Crippen LogP contribution in [-0.4, -0.2) is 32.8 Å². The number of nitrogens with one attached hydrogen (secondary N) is 1. The number of hydrogen-bond donors (Lipinski definition) is 4. The number of para-hydroxylation sites is 1. The molecule has 9 heteroatoms. The van der Waals surface area contributed by atoms with Crippen LogP contribution in [-0.2, 0) is 23.1 Å². The van der Waals surface area contributed by atoms with Crippen molar-refractivity contribution in [2.75, 3.05) is 12.5 Å². The van der Waals surface area contributed by atoms with Crippen molar-refractivity contribution in [3.8, 4) is 16.9 Å². The number of aromatic carboxylic acids is 1. The monoisotopic (exact) mass is 544 g/mol. The van der Waals surface area contributed by atoms with Gasteiger partial charge in [0.2, 0.25) is 0 Å². The zero-order valence-corrected chi connectivity index (χ0v) is 22.7. The van der Waals surface area contributed by atoms with Crippen LogP contribution in [0.2, 0.25) is 5.02 Å². The molecule has 0 saturated carbocycles. The Labute approximate surface area is 223 Å². The smallest absolute Gasteiger partial charge is 0.352 e. The molecule has 0 fully saturated rings. The first-order chi connectivity index (χ1) is 17.3. The number of fused-ring (bicyclic) bond motifs is 1. The van der Waals surface area contributed by atoms with Crippen LogP contribution in [0.3, 0.4) is 0 Å². The molecule has 2 atom stereocenters. The third kappa shape index (κ3) is 6.13. The summed E-state index contributed by atoms with van der Waals surface area (Å²) in [5.41, 5.74) is 10.3. The Hall–Kier alpha value is -2.78. The predicted octanol–water partition coefficient (Wildman–Crippen LogP) is 6.21. The number of aromatic nitrogens is 1. The zero-order chi connectivity index (χ0) is 26.4. The number of H-pyrrole nitrogens is 1. The highest BCUT2D eigenvalue weighted by atomic mass is 35.5. The summed E-state index contributed by atoms with van der Waals surface area (Å²) in [4.78, 5) is 15.2. The molecule has 1 aromatic heterocycles. The fourth-order valence-electron chi connectivity index (χ4n) is 4.05. The Morgan fingerprint density at radius 1 is 1.17 bits per heavy atom. The summed E-state index contributed by atoms with van der Waals surface area (Å²) in [5.74, 6) is -0.0371. The summed E-state index contributed by atoms with van der Waals surface area (Å²) >= 11 is 9.97. The summed E-state index contributed by atoms with van der Waals surface area (Å²) < 4.78 is 17.8. The lowest BCUT2D eigenvalue weighted by Crippen LogP contribution is -2.04. The first kappa shape index (κ1) is 27.8. The van der Waals surface area contributed by atoms with Gasteiger partial charge in [-0.3, -0.25) is 4.21 Å². The second-order valence-corrected chi connectivity index (χ2v) is 9.92. The first-order valence-corrected chi connectivity index (χ1v) is 14.2. The van der Waals surface area contributed by atoms with Crippen molar-refractivity contribution >= 4 is 51.9 Å². The maximum atomic E-state index is 12.1. The lowest BCUT2D eigenvalue weighted by molar-refractivity contribution is 0.0692. The molecule has 0 aliphatic carbocycles. The minimum Gasteiger partial charge on any atom is -0.486 e. The number of rotatable bonds is 8. The molecule has 4 aromatic rings. The fourth-order valence-corrected chi connectivity index (χ4v) is 5.07. The van der Waals surface area contributed by atoms with Gasteiger partial charge < -0.3 is 20.6 Å². The summed E-state index contributed by atoms with van der Waals surface area (Å²) in [6, 6.07) is 18.6. The van der Waals surface area contributed by atoms with E-state index in [1.165, 1.54) is 0 Å². The zero-order valence-electron chi connectivity index (χ0n) is 20.2. The van der Waals surface area contributed by atoms with Crippen molar-refractivity contribution in [1.82, 2.24) is 4.98 Å². The third-order valence-electron chi connectivity index (χ3n) is 5.69. The molecule has 0 amide bonds. The quantitative estimate of drug-likeness (QED) is 0.197. The van der Waals surface area contributed by atoms with Crippen molar-refractivity contribution < 1.29 is 18.8 Å². The molecule has 0 radical (unpaired) electrons. The number of hydrogen-bond acceptors (Lipinski definition) is 5. The average Bonchev–Trinajstić information content (AvgIpc) is 3.27. The van der Waals surface area contributed by atoms with E-state index in [0.717, 1.165) is 22.1 Å². The Bertz CT molecular complexity index is 1390. The van der Waals surface area contributed by atoms with Crippen LogP contribution in [0, 0.1) is 0 Å². The van der Waals surface area contributed by atoms with Gasteiger partial charge in [0.05, 0.1) is 5.52 Å². The maximum absolute atomic E-state index is 12.1. The van der Waals surface area contributed by atoms with Crippen LogP contribution in [0.5, 0.6) is 5.75 Å². The number of carboxylic acids is 1. The maximum Gasteiger partial charge on any atom is 0.352 e. The Kier molecular flexibility index (Phi) is 9.62. The number of carboxylic acid groups (broad SMARTS) is 1. The van der Waals surface area contributed by atoms with E-state index in [1.807, 2.05) is 55.5 Å². The second kappa shape index (κ2) is 12.5. The van der Waals surface area contributed by atoms with Crippen LogP contribution in [0.15, 0.2) is 60.7 Å². The minimum atomic E-state index is -1.07. The van der Waals surface area contributed by atoms with Crippen LogP contribution in [0.25, 0.3) is 22.0 Å². The van der Waals surface area contributed by atoms with E-state index >= 15 is 0 Å². The van der Waals surface area contributed by atoms with E-state index in [0.29, 0.717) is 39.7 Å². The van der Waals surface area contributed by atoms with Gasteiger partial charge in [0.1, 0.15) is 17.5 Å². The molecule has 1 unspecified atom stereocenters. The topological polar surface area (TPSA) is 105 Å². The number of ether oxygens (including phenoxy) is 1. The normalized spacial score (nSPS) is 12.5. The van der Waals surface area contributed by atoms with E-state index in [2.05, 4.69) is 17.6 Å². The van der Waals surface area contributed by atoms with E-state index < -0.39 is 16.8 Å². The SMILES string of the molecule is CS.C[C@H](Oc1ccc(CN)cc1)c1cccc2c(-c3ccc(CS(C)=O)c(Cl)c3)c(C(=O)O)[nH]c12. The standard InChI is InChI=1S/C26H25ClN2O4S.CH4S/c1-15(33-19-10-6-16(13-28)7-11-19)20-4-3-5-21-23(25(26(30)31)29-24(20)21)17-8-9-18(14-34(2)32)22(27)12-17;1-2/h3-12,15,29H,13-14,28H2,1-2H3,(H,30,31);2H,1H3/t15-,34?;/m0./s1. The van der Waals surface area contributed by atoms with E-state index in [1.54, 1.807) is 24.6 Å². The molecule has 0 spiro atoms. The van der Waals surface area contributed by atoms with Crippen molar-refractivity contribution in [1.29, 1.82) is 0 Å². The molecule has 1 heterocycles. The fraction of sp³-hybridized carbons (Fsp3) is 0.222. The summed E-state index contributed by atoms with van der Waals surface area (Å²) in [6.07, 6.45) is 2.97. The Balaban J connectivity index is 0.00000176. The average molecular weight is 545 g/mol. The molecular weight excluding hydrogens is 516 g/mol. The van der Waals surface area contributed by atoms with Gasteiger partial charge in [-0.25, -0.2) is 4.79 Å². The summed E-state index contributed by atoms with van der Waals surface area (Å²) in [7, 11) is -1.04.